The van der Waals surface area contributed by atoms with Crippen molar-refractivity contribution in [3.8, 4) is 5.75 Å². The summed E-state index contributed by atoms with van der Waals surface area (Å²) in [4.78, 5) is 13.5. The topological polar surface area (TPSA) is 41.6 Å². The minimum Gasteiger partial charge on any atom is -0.495 e. The molecule has 0 bridgehead atoms. The number of nitrogens with zero attached hydrogens (tertiary/aromatic N) is 1. The number of nitrogens with one attached hydrogen (secondary N) is 1. The highest BCUT2D eigenvalue weighted by atomic mass is 16.5. The van der Waals surface area contributed by atoms with Crippen LogP contribution in [-0.2, 0) is 4.79 Å². The van der Waals surface area contributed by atoms with Crippen molar-refractivity contribution in [3.05, 3.63) is 24.3 Å². The average molecular weight is 234 g/mol. The van der Waals surface area contributed by atoms with Crippen LogP contribution >= 0.6 is 0 Å². The zero-order valence-corrected chi connectivity index (χ0v) is 10.1. The first-order chi connectivity index (χ1) is 8.31. The molecule has 1 aliphatic rings. The van der Waals surface area contributed by atoms with Crippen molar-refractivity contribution in [3.63, 3.8) is 0 Å². The van der Waals surface area contributed by atoms with Gasteiger partial charge in [-0.25, -0.2) is 0 Å². The molecule has 1 aliphatic heterocycles. The number of methoxy groups -OCH3 is 1. The Bertz CT molecular complexity index is 381. The monoisotopic (exact) mass is 234 g/mol. The summed E-state index contributed by atoms with van der Waals surface area (Å²) in [6.45, 7) is 2.41. The summed E-state index contributed by atoms with van der Waals surface area (Å²) < 4.78 is 5.36. The molecule has 1 amide bonds. The van der Waals surface area contributed by atoms with E-state index < -0.39 is 0 Å². The van der Waals surface area contributed by atoms with Gasteiger partial charge < -0.3 is 15.0 Å². The molecule has 0 spiro atoms. The molecule has 4 heteroatoms. The first-order valence-corrected chi connectivity index (χ1v) is 5.96. The summed E-state index contributed by atoms with van der Waals surface area (Å²) in [5, 5.41) is 2.90. The molecule has 0 aromatic heterocycles. The third-order valence-corrected chi connectivity index (χ3v) is 2.96. The van der Waals surface area contributed by atoms with Gasteiger partial charge in [0.2, 0.25) is 5.91 Å². The molecule has 0 radical (unpaired) electrons. The van der Waals surface area contributed by atoms with Gasteiger partial charge in [-0.2, -0.15) is 0 Å². The number of rotatable bonds is 2. The van der Waals surface area contributed by atoms with Crippen molar-refractivity contribution in [2.45, 2.75) is 12.8 Å². The van der Waals surface area contributed by atoms with Crippen LogP contribution in [0.3, 0.4) is 0 Å². The van der Waals surface area contributed by atoms with Crippen LogP contribution in [0.15, 0.2) is 24.3 Å². The van der Waals surface area contributed by atoms with Crippen LogP contribution in [0.2, 0.25) is 0 Å². The summed E-state index contributed by atoms with van der Waals surface area (Å²) >= 11 is 0. The normalized spacial score (nSPS) is 17.0. The summed E-state index contributed by atoms with van der Waals surface area (Å²) in [6.07, 6.45) is 1.48. The van der Waals surface area contributed by atoms with Crippen molar-refractivity contribution in [2.75, 3.05) is 31.6 Å². The lowest BCUT2D eigenvalue weighted by molar-refractivity contribution is -0.121. The van der Waals surface area contributed by atoms with Crippen LogP contribution < -0.4 is 15.0 Å². The van der Waals surface area contributed by atoms with Crippen LogP contribution in [0.1, 0.15) is 12.8 Å². The van der Waals surface area contributed by atoms with Gasteiger partial charge in [0, 0.05) is 26.1 Å². The molecule has 92 valence electrons. The number of para-hydroxylation sites is 2. The van der Waals surface area contributed by atoms with Crippen molar-refractivity contribution in [1.82, 2.24) is 5.32 Å². The average Bonchev–Trinajstić information content (AvgIpc) is 2.34. The van der Waals surface area contributed by atoms with E-state index in [4.69, 9.17) is 4.74 Å². The summed E-state index contributed by atoms with van der Waals surface area (Å²) in [5.74, 6) is 1.05. The smallest absolute Gasteiger partial charge is 0.220 e. The van der Waals surface area contributed by atoms with Gasteiger partial charge in [-0.1, -0.05) is 12.1 Å². The Balaban J connectivity index is 2.12. The van der Waals surface area contributed by atoms with E-state index in [1.165, 1.54) is 0 Å². The summed E-state index contributed by atoms with van der Waals surface area (Å²) in [7, 11) is 1.69. The molecule has 2 rings (SSSR count). The number of anilines is 1. The lowest BCUT2D eigenvalue weighted by Gasteiger charge is -2.28. The molecular weight excluding hydrogens is 216 g/mol. The standard InChI is InChI=1S/C13H18N2O2/c1-17-12-6-3-2-5-11(12)15-9-4-7-13(16)14-8-10-15/h2-3,5-6H,4,7-10H2,1H3,(H,14,16). The van der Waals surface area contributed by atoms with Crippen molar-refractivity contribution in [1.29, 1.82) is 0 Å². The quantitative estimate of drug-likeness (QED) is 0.841. The molecule has 1 heterocycles. The van der Waals surface area contributed by atoms with Gasteiger partial charge >= 0.3 is 0 Å². The second-order valence-electron chi connectivity index (χ2n) is 4.11. The fourth-order valence-electron chi connectivity index (χ4n) is 2.09. The number of amides is 1. The largest absolute Gasteiger partial charge is 0.495 e. The number of carbonyl (C=O) groups is 1. The van der Waals surface area contributed by atoms with Gasteiger partial charge in [0.15, 0.2) is 0 Å². The highest BCUT2D eigenvalue weighted by molar-refractivity contribution is 5.76. The van der Waals surface area contributed by atoms with E-state index in [0.717, 1.165) is 30.9 Å². The maximum Gasteiger partial charge on any atom is 0.220 e. The van der Waals surface area contributed by atoms with E-state index in [0.29, 0.717) is 13.0 Å². The fourth-order valence-corrected chi connectivity index (χ4v) is 2.09. The number of benzene rings is 1. The van der Waals surface area contributed by atoms with Gasteiger partial charge in [0.05, 0.1) is 12.8 Å². The molecule has 17 heavy (non-hydrogen) atoms. The first-order valence-electron chi connectivity index (χ1n) is 5.96. The Kier molecular flexibility index (Phi) is 3.85. The van der Waals surface area contributed by atoms with E-state index in [1.54, 1.807) is 7.11 Å². The summed E-state index contributed by atoms with van der Waals surface area (Å²) in [6, 6.07) is 8.00. The zero-order valence-electron chi connectivity index (χ0n) is 10.1. The molecule has 4 nitrogen and oxygen atoms in total. The highest BCUT2D eigenvalue weighted by Gasteiger charge is 2.14. The zero-order chi connectivity index (χ0) is 12.1. The molecule has 0 atom stereocenters. The third kappa shape index (κ3) is 2.90. The first kappa shape index (κ1) is 11.8. The van der Waals surface area contributed by atoms with Crippen LogP contribution in [0.5, 0.6) is 5.75 Å². The lowest BCUT2D eigenvalue weighted by Crippen LogP contribution is -2.38. The maximum atomic E-state index is 11.2. The van der Waals surface area contributed by atoms with Gasteiger partial charge in [0.1, 0.15) is 5.75 Å². The van der Waals surface area contributed by atoms with Crippen LogP contribution in [0.4, 0.5) is 5.69 Å². The van der Waals surface area contributed by atoms with Crippen molar-refractivity contribution >= 4 is 11.6 Å². The molecule has 0 unspecified atom stereocenters. The second kappa shape index (κ2) is 5.57. The predicted octanol–water partition coefficient (Wildman–Crippen LogP) is 1.41. The van der Waals surface area contributed by atoms with Gasteiger partial charge in [0.25, 0.3) is 0 Å². The fraction of sp³-hybridized carbons (Fsp3) is 0.462. The Hall–Kier alpha value is -1.71. The Morgan fingerprint density at radius 2 is 2.12 bits per heavy atom. The van der Waals surface area contributed by atoms with Gasteiger partial charge in [-0.05, 0) is 18.6 Å². The van der Waals surface area contributed by atoms with Crippen molar-refractivity contribution < 1.29 is 9.53 Å². The molecule has 1 saturated heterocycles. The van der Waals surface area contributed by atoms with Crippen molar-refractivity contribution in [2.24, 2.45) is 0 Å². The number of ether oxygens (including phenoxy) is 1. The molecular formula is C13H18N2O2. The maximum absolute atomic E-state index is 11.2. The lowest BCUT2D eigenvalue weighted by atomic mass is 10.2. The molecule has 1 fully saturated rings. The number of hydrogen-bond acceptors (Lipinski definition) is 3. The van der Waals surface area contributed by atoms with Crippen LogP contribution in [0.25, 0.3) is 0 Å². The number of hydrogen-bond donors (Lipinski definition) is 1. The van der Waals surface area contributed by atoms with E-state index in [-0.39, 0.29) is 5.91 Å². The number of carbonyl (C=O) groups excluding carboxylic acids is 1. The van der Waals surface area contributed by atoms with Gasteiger partial charge in [-0.15, -0.1) is 0 Å². The molecule has 1 aromatic rings. The predicted molar refractivity (Wildman–Crippen MR) is 67.5 cm³/mol. The summed E-state index contributed by atoms with van der Waals surface area (Å²) in [5.41, 5.74) is 1.10. The minimum atomic E-state index is 0.157. The minimum absolute atomic E-state index is 0.157. The van der Waals surface area contributed by atoms with E-state index in [9.17, 15) is 4.79 Å². The molecule has 0 aliphatic carbocycles. The molecule has 0 saturated carbocycles. The Morgan fingerprint density at radius 3 is 2.94 bits per heavy atom. The second-order valence-corrected chi connectivity index (χ2v) is 4.11. The third-order valence-electron chi connectivity index (χ3n) is 2.96. The Morgan fingerprint density at radius 1 is 1.29 bits per heavy atom. The molecule has 1 aromatic carbocycles. The van der Waals surface area contributed by atoms with Gasteiger partial charge in [-0.3, -0.25) is 4.79 Å². The molecule has 1 N–H and O–H groups in total. The SMILES string of the molecule is COc1ccccc1N1CCCC(=O)NCC1. The van der Waals surface area contributed by atoms with E-state index in [1.807, 2.05) is 18.2 Å². The highest BCUT2D eigenvalue weighted by Crippen LogP contribution is 2.27. The van der Waals surface area contributed by atoms with E-state index in [2.05, 4.69) is 16.3 Å². The van der Waals surface area contributed by atoms with E-state index >= 15 is 0 Å². The van der Waals surface area contributed by atoms with Crippen LogP contribution in [0, 0.1) is 0 Å². The van der Waals surface area contributed by atoms with Crippen LogP contribution in [-0.4, -0.2) is 32.7 Å². The Labute approximate surface area is 102 Å².